The van der Waals surface area contributed by atoms with E-state index in [-0.39, 0.29) is 28.1 Å². The fourth-order valence-electron chi connectivity index (χ4n) is 2.84. The highest BCUT2D eigenvalue weighted by atomic mass is 19.1. The van der Waals surface area contributed by atoms with Crippen LogP contribution in [0.2, 0.25) is 0 Å². The Morgan fingerprint density at radius 2 is 1.50 bits per heavy atom. The molecule has 3 aromatic carbocycles. The number of halogens is 1. The van der Waals surface area contributed by atoms with Crippen molar-refractivity contribution in [1.29, 1.82) is 0 Å². The van der Waals surface area contributed by atoms with Crippen LogP contribution < -0.4 is 16.0 Å². The van der Waals surface area contributed by atoms with E-state index in [1.807, 2.05) is 0 Å². The van der Waals surface area contributed by atoms with Crippen LogP contribution in [0.3, 0.4) is 0 Å². The Balaban J connectivity index is 1.62. The van der Waals surface area contributed by atoms with Gasteiger partial charge in [-0.25, -0.2) is 14.0 Å². The van der Waals surface area contributed by atoms with Gasteiger partial charge in [0, 0.05) is 11.3 Å². The first-order valence-corrected chi connectivity index (χ1v) is 9.41. The number of hydrogen-bond acceptors (Lipinski definition) is 4. The van der Waals surface area contributed by atoms with Crippen LogP contribution in [0, 0.1) is 5.82 Å². The molecule has 3 rings (SSSR count). The van der Waals surface area contributed by atoms with Gasteiger partial charge in [-0.1, -0.05) is 30.3 Å². The third-order valence-corrected chi connectivity index (χ3v) is 4.34. The van der Waals surface area contributed by atoms with Crippen molar-refractivity contribution in [2.24, 2.45) is 0 Å². The van der Waals surface area contributed by atoms with Crippen molar-refractivity contribution >= 4 is 35.1 Å². The van der Waals surface area contributed by atoms with Crippen molar-refractivity contribution in [3.8, 4) is 0 Å². The number of hydrogen-bond donors (Lipinski definition) is 4. The monoisotopic (exact) mass is 435 g/mol. The molecule has 0 atom stereocenters. The minimum Gasteiger partial charge on any atom is -0.478 e. The molecule has 0 aliphatic heterocycles. The van der Waals surface area contributed by atoms with E-state index >= 15 is 0 Å². The zero-order valence-corrected chi connectivity index (χ0v) is 16.6. The van der Waals surface area contributed by atoms with Crippen LogP contribution in [0.15, 0.2) is 72.8 Å². The van der Waals surface area contributed by atoms with Crippen molar-refractivity contribution in [3.63, 3.8) is 0 Å². The van der Waals surface area contributed by atoms with Gasteiger partial charge in [0.25, 0.3) is 0 Å². The van der Waals surface area contributed by atoms with Gasteiger partial charge in [0.05, 0.1) is 23.4 Å². The molecule has 0 saturated heterocycles. The molecule has 32 heavy (non-hydrogen) atoms. The van der Waals surface area contributed by atoms with Crippen LogP contribution >= 0.6 is 0 Å². The Morgan fingerprint density at radius 1 is 0.812 bits per heavy atom. The van der Waals surface area contributed by atoms with Gasteiger partial charge in [0.1, 0.15) is 5.82 Å². The average molecular weight is 435 g/mol. The highest BCUT2D eigenvalue weighted by molar-refractivity contribution is 6.14. The second-order valence-electron chi connectivity index (χ2n) is 6.60. The van der Waals surface area contributed by atoms with Crippen LogP contribution in [0.5, 0.6) is 0 Å². The molecule has 0 aromatic heterocycles. The summed E-state index contributed by atoms with van der Waals surface area (Å²) in [5, 5.41) is 16.3. The second-order valence-corrected chi connectivity index (χ2v) is 6.60. The number of aromatic carboxylic acids is 1. The van der Waals surface area contributed by atoms with E-state index in [9.17, 15) is 23.6 Å². The van der Waals surface area contributed by atoms with E-state index < -0.39 is 36.1 Å². The van der Waals surface area contributed by atoms with Crippen LogP contribution in [0.1, 0.15) is 26.3 Å². The largest absolute Gasteiger partial charge is 0.478 e. The Morgan fingerprint density at radius 3 is 2.22 bits per heavy atom. The van der Waals surface area contributed by atoms with Crippen LogP contribution in [-0.2, 0) is 4.79 Å². The normalized spacial score (nSPS) is 10.2. The third kappa shape index (κ3) is 5.54. The molecule has 0 bridgehead atoms. The first-order chi connectivity index (χ1) is 15.3. The number of amides is 3. The molecule has 0 radical (unpaired) electrons. The summed E-state index contributed by atoms with van der Waals surface area (Å²) in [5.41, 5.74) is 0.374. The maximum atomic E-state index is 14.0. The summed E-state index contributed by atoms with van der Waals surface area (Å²) in [4.78, 5) is 48.0. The molecule has 8 nitrogen and oxygen atoms in total. The fraction of sp³-hybridized carbons (Fsp3) is 0.0435. The molecule has 162 valence electrons. The number of carboxylic acid groups (broad SMARTS) is 1. The quantitative estimate of drug-likeness (QED) is 0.423. The van der Waals surface area contributed by atoms with Gasteiger partial charge in [0.2, 0.25) is 5.91 Å². The lowest BCUT2D eigenvalue weighted by atomic mass is 10.0. The second kappa shape index (κ2) is 9.98. The Hall–Kier alpha value is -4.53. The lowest BCUT2D eigenvalue weighted by molar-refractivity contribution is -0.115. The third-order valence-electron chi connectivity index (χ3n) is 4.34. The topological polar surface area (TPSA) is 125 Å². The van der Waals surface area contributed by atoms with Crippen molar-refractivity contribution in [2.45, 2.75) is 0 Å². The molecule has 0 spiro atoms. The van der Waals surface area contributed by atoms with Crippen molar-refractivity contribution < 1.29 is 28.7 Å². The maximum Gasteiger partial charge on any atom is 0.335 e. The molecule has 0 aliphatic rings. The average Bonchev–Trinajstić information content (AvgIpc) is 2.78. The van der Waals surface area contributed by atoms with Gasteiger partial charge in [0.15, 0.2) is 5.78 Å². The van der Waals surface area contributed by atoms with Crippen molar-refractivity contribution in [1.82, 2.24) is 5.32 Å². The van der Waals surface area contributed by atoms with E-state index in [2.05, 4.69) is 16.0 Å². The fourth-order valence-corrected chi connectivity index (χ4v) is 2.84. The Bertz CT molecular complexity index is 1200. The zero-order valence-electron chi connectivity index (χ0n) is 16.6. The van der Waals surface area contributed by atoms with E-state index in [1.165, 1.54) is 60.7 Å². The van der Waals surface area contributed by atoms with Gasteiger partial charge in [-0.2, -0.15) is 0 Å². The summed E-state index contributed by atoms with van der Waals surface area (Å²) in [6.07, 6.45) is 0. The minimum absolute atomic E-state index is 0.00308. The summed E-state index contributed by atoms with van der Waals surface area (Å²) >= 11 is 0. The molecule has 0 heterocycles. The molecule has 0 fully saturated rings. The summed E-state index contributed by atoms with van der Waals surface area (Å²) in [6.45, 7) is -0.424. The Kier molecular flexibility index (Phi) is 6.92. The smallest absolute Gasteiger partial charge is 0.335 e. The number of carbonyl (C=O) groups is 4. The van der Waals surface area contributed by atoms with E-state index in [4.69, 9.17) is 5.11 Å². The first kappa shape index (κ1) is 22.2. The number of para-hydroxylation sites is 1. The number of benzene rings is 3. The molecule has 0 unspecified atom stereocenters. The lowest BCUT2D eigenvalue weighted by Crippen LogP contribution is -2.36. The lowest BCUT2D eigenvalue weighted by Gasteiger charge is -2.12. The predicted molar refractivity (Wildman–Crippen MR) is 115 cm³/mol. The molecular weight excluding hydrogens is 417 g/mol. The molecule has 9 heteroatoms. The Labute approximate surface area is 182 Å². The molecule has 0 aliphatic carbocycles. The number of anilines is 2. The van der Waals surface area contributed by atoms with Crippen molar-refractivity contribution in [2.75, 3.05) is 17.2 Å². The maximum absolute atomic E-state index is 14.0. The highest BCUT2D eigenvalue weighted by Gasteiger charge is 2.18. The minimum atomic E-state index is -1.14. The number of ketones is 1. The predicted octanol–water partition coefficient (Wildman–Crippen LogP) is 3.52. The number of nitrogens with one attached hydrogen (secondary N) is 3. The molecule has 3 amide bonds. The SMILES string of the molecule is O=C(CNC(=O)Nc1cccc(C(=O)O)c1)Nc1ccccc1C(=O)c1ccccc1F. The van der Waals surface area contributed by atoms with Crippen LogP contribution in [0.25, 0.3) is 0 Å². The molecule has 0 saturated carbocycles. The first-order valence-electron chi connectivity index (χ1n) is 9.41. The van der Waals surface area contributed by atoms with Gasteiger partial charge < -0.3 is 21.1 Å². The highest BCUT2D eigenvalue weighted by Crippen LogP contribution is 2.20. The van der Waals surface area contributed by atoms with Gasteiger partial charge in [-0.3, -0.25) is 9.59 Å². The molecule has 3 aromatic rings. The van der Waals surface area contributed by atoms with E-state index in [0.29, 0.717) is 0 Å². The number of carboxylic acids is 1. The number of urea groups is 1. The zero-order chi connectivity index (χ0) is 23.1. The summed E-state index contributed by atoms with van der Waals surface area (Å²) < 4.78 is 14.0. The van der Waals surface area contributed by atoms with E-state index in [1.54, 1.807) is 12.1 Å². The summed E-state index contributed by atoms with van der Waals surface area (Å²) in [6, 6.07) is 16.5. The summed E-state index contributed by atoms with van der Waals surface area (Å²) in [7, 11) is 0. The van der Waals surface area contributed by atoms with Crippen LogP contribution in [0.4, 0.5) is 20.6 Å². The summed E-state index contributed by atoms with van der Waals surface area (Å²) in [5.74, 6) is -3.03. The number of carbonyl (C=O) groups excluding carboxylic acids is 3. The van der Waals surface area contributed by atoms with Crippen LogP contribution in [-0.4, -0.2) is 35.3 Å². The standard InChI is InChI=1S/C23H18FN3O5/c24-18-10-3-1-8-16(18)21(29)17-9-2-4-11-19(17)27-20(28)13-25-23(32)26-15-7-5-6-14(12-15)22(30)31/h1-12H,13H2,(H,27,28)(H,30,31)(H2,25,26,32). The van der Waals surface area contributed by atoms with Gasteiger partial charge >= 0.3 is 12.0 Å². The van der Waals surface area contributed by atoms with Crippen molar-refractivity contribution in [3.05, 3.63) is 95.3 Å². The van der Waals surface area contributed by atoms with Gasteiger partial charge in [-0.05, 0) is 42.5 Å². The van der Waals surface area contributed by atoms with E-state index in [0.717, 1.165) is 0 Å². The number of rotatable bonds is 7. The molecule has 4 N–H and O–H groups in total. The van der Waals surface area contributed by atoms with Gasteiger partial charge in [-0.15, -0.1) is 0 Å². The molecular formula is C23H18FN3O5.